The normalized spacial score (nSPS) is 16.0. The fourth-order valence-corrected chi connectivity index (χ4v) is 6.15. The van der Waals surface area contributed by atoms with Crippen molar-refractivity contribution >= 4 is 61.9 Å². The number of hydrogen-bond acceptors (Lipinski definition) is 6. The third kappa shape index (κ3) is 4.08. The van der Waals surface area contributed by atoms with Crippen LogP contribution in [0.15, 0.2) is 68.0 Å². The molecule has 0 saturated heterocycles. The zero-order valence-corrected chi connectivity index (χ0v) is 21.7. The molecule has 1 aliphatic rings. The highest BCUT2D eigenvalue weighted by molar-refractivity contribution is 14.1. The second-order valence-corrected chi connectivity index (χ2v) is 10.1. The zero-order valence-electron chi connectivity index (χ0n) is 17.1. The number of esters is 1. The van der Waals surface area contributed by atoms with E-state index in [1.807, 2.05) is 59.8 Å². The van der Waals surface area contributed by atoms with Crippen LogP contribution in [0.3, 0.4) is 0 Å². The lowest BCUT2D eigenvalue weighted by atomic mass is 9.95. The van der Waals surface area contributed by atoms with Crippen molar-refractivity contribution in [1.29, 1.82) is 0 Å². The summed E-state index contributed by atoms with van der Waals surface area (Å²) in [6.07, 6.45) is 2.30. The van der Waals surface area contributed by atoms with Crippen LogP contribution >= 0.6 is 49.9 Å². The molecule has 0 radical (unpaired) electrons. The van der Waals surface area contributed by atoms with Crippen molar-refractivity contribution < 1.29 is 14.6 Å². The number of aromatic nitrogens is 1. The van der Waals surface area contributed by atoms with Crippen molar-refractivity contribution in [3.63, 3.8) is 0 Å². The maximum atomic E-state index is 13.5. The number of phenols is 1. The van der Waals surface area contributed by atoms with Gasteiger partial charge in [-0.05, 0) is 74.3 Å². The molecule has 9 heteroatoms. The molecule has 0 saturated carbocycles. The number of hydrogen-bond donors (Lipinski definition) is 1. The highest BCUT2D eigenvalue weighted by Crippen LogP contribution is 2.32. The number of fused-ring (bicyclic) bond motifs is 1. The largest absolute Gasteiger partial charge is 0.506 e. The van der Waals surface area contributed by atoms with Crippen LogP contribution in [0.2, 0.25) is 0 Å². The van der Waals surface area contributed by atoms with Gasteiger partial charge in [-0.1, -0.05) is 48.6 Å². The third-order valence-electron chi connectivity index (χ3n) is 5.10. The number of halogens is 2. The van der Waals surface area contributed by atoms with Crippen LogP contribution < -0.4 is 14.9 Å². The second kappa shape index (κ2) is 9.32. The van der Waals surface area contributed by atoms with Gasteiger partial charge in [-0.3, -0.25) is 9.36 Å². The Morgan fingerprint density at radius 3 is 2.69 bits per heavy atom. The van der Waals surface area contributed by atoms with Crippen molar-refractivity contribution in [2.75, 3.05) is 7.11 Å². The second-order valence-electron chi connectivity index (χ2n) is 7.03. The molecule has 32 heavy (non-hydrogen) atoms. The summed E-state index contributed by atoms with van der Waals surface area (Å²) in [5.41, 5.74) is 2.33. The van der Waals surface area contributed by atoms with Gasteiger partial charge in [0.2, 0.25) is 0 Å². The molecule has 2 aromatic carbocycles. The zero-order chi connectivity index (χ0) is 23.0. The van der Waals surface area contributed by atoms with Crippen LogP contribution in [0.4, 0.5) is 0 Å². The minimum absolute atomic E-state index is 0.156. The first-order chi connectivity index (χ1) is 15.3. The van der Waals surface area contributed by atoms with Gasteiger partial charge in [0.05, 0.1) is 37.0 Å². The summed E-state index contributed by atoms with van der Waals surface area (Å²) in [7, 11) is 1.33. The number of carbonyl (C=O) groups is 1. The Morgan fingerprint density at radius 1 is 1.34 bits per heavy atom. The van der Waals surface area contributed by atoms with Gasteiger partial charge in [0.15, 0.2) is 4.80 Å². The minimum atomic E-state index is -0.622. The van der Waals surface area contributed by atoms with E-state index in [0.29, 0.717) is 35.1 Å². The fraction of sp³-hybridized carbons (Fsp3) is 0.174. The van der Waals surface area contributed by atoms with E-state index in [2.05, 4.69) is 20.9 Å². The molecule has 6 nitrogen and oxygen atoms in total. The molecule has 1 atom stereocenters. The number of thiazole rings is 1. The summed E-state index contributed by atoms with van der Waals surface area (Å²) in [6.45, 7) is 1.92. The summed E-state index contributed by atoms with van der Waals surface area (Å²) in [5.74, 6) is -0.339. The minimum Gasteiger partial charge on any atom is -0.506 e. The SMILES string of the molecule is CCC1=C(C(=O)OC)[C@@H](c2ccccc2)n2c(s/c(=C\c3cc(Br)c(O)c(I)c3)c2=O)=N1. The predicted octanol–water partition coefficient (Wildman–Crippen LogP) is 3.87. The van der Waals surface area contributed by atoms with Gasteiger partial charge < -0.3 is 9.84 Å². The highest BCUT2D eigenvalue weighted by atomic mass is 127. The number of benzene rings is 2. The van der Waals surface area contributed by atoms with Crippen LogP contribution in [0.25, 0.3) is 6.08 Å². The van der Waals surface area contributed by atoms with Crippen LogP contribution in [-0.2, 0) is 9.53 Å². The number of methoxy groups -OCH3 is 1. The molecule has 3 aromatic rings. The Bertz CT molecular complexity index is 1400. The van der Waals surface area contributed by atoms with Crippen molar-refractivity contribution in [2.45, 2.75) is 19.4 Å². The number of carbonyl (C=O) groups excluding carboxylic acids is 1. The molecule has 4 rings (SSSR count). The van der Waals surface area contributed by atoms with Crippen LogP contribution in [0, 0.1) is 3.57 Å². The highest BCUT2D eigenvalue weighted by Gasteiger charge is 2.33. The van der Waals surface area contributed by atoms with E-state index < -0.39 is 12.0 Å². The first-order valence-electron chi connectivity index (χ1n) is 9.71. The molecule has 2 heterocycles. The van der Waals surface area contributed by atoms with Crippen molar-refractivity contribution in [3.8, 4) is 5.75 Å². The van der Waals surface area contributed by atoms with E-state index in [1.54, 1.807) is 22.8 Å². The van der Waals surface area contributed by atoms with E-state index in [1.165, 1.54) is 18.4 Å². The fourth-order valence-electron chi connectivity index (χ4n) is 3.63. The molecule has 1 N–H and O–H groups in total. The molecule has 0 unspecified atom stereocenters. The monoisotopic (exact) mass is 624 g/mol. The standard InChI is InChI=1S/C23H18BrIN2O4S/c1-3-16-18(22(30)31-2)19(13-7-5-4-6-8-13)27-21(29)17(32-23(27)26-16)11-12-9-14(24)20(28)15(25)10-12/h4-11,19,28H,3H2,1-2H3/b17-11-/t19-/m1/s1. The van der Waals surface area contributed by atoms with Crippen molar-refractivity contribution in [2.24, 2.45) is 4.99 Å². The van der Waals surface area contributed by atoms with Gasteiger partial charge in [-0.2, -0.15) is 0 Å². The molecule has 0 fully saturated rings. The molecule has 0 amide bonds. The average Bonchev–Trinajstić information content (AvgIpc) is 3.10. The van der Waals surface area contributed by atoms with E-state index >= 15 is 0 Å². The van der Waals surface area contributed by atoms with E-state index in [9.17, 15) is 14.7 Å². The van der Waals surface area contributed by atoms with Gasteiger partial charge in [0.25, 0.3) is 5.56 Å². The molecule has 1 aliphatic heterocycles. The Kier molecular flexibility index (Phi) is 6.68. The third-order valence-corrected chi connectivity index (χ3v) is 7.51. The lowest BCUT2D eigenvalue weighted by Crippen LogP contribution is -2.40. The van der Waals surface area contributed by atoms with Crippen LogP contribution in [0.1, 0.15) is 30.5 Å². The maximum Gasteiger partial charge on any atom is 0.338 e. The van der Waals surface area contributed by atoms with Gasteiger partial charge in [0, 0.05) is 0 Å². The topological polar surface area (TPSA) is 80.9 Å². The summed E-state index contributed by atoms with van der Waals surface area (Å²) in [5, 5.41) is 10.0. The van der Waals surface area contributed by atoms with E-state index in [4.69, 9.17) is 4.74 Å². The molecule has 1 aromatic heterocycles. The first kappa shape index (κ1) is 22.9. The Labute approximate surface area is 209 Å². The summed E-state index contributed by atoms with van der Waals surface area (Å²) >= 11 is 6.66. The van der Waals surface area contributed by atoms with E-state index in [0.717, 1.165) is 11.1 Å². The van der Waals surface area contributed by atoms with Gasteiger partial charge in [0.1, 0.15) is 5.75 Å². The predicted molar refractivity (Wildman–Crippen MR) is 135 cm³/mol. The molecule has 164 valence electrons. The van der Waals surface area contributed by atoms with Crippen molar-refractivity contribution in [3.05, 3.63) is 92.6 Å². The number of aromatic hydroxyl groups is 1. The van der Waals surface area contributed by atoms with E-state index in [-0.39, 0.29) is 11.3 Å². The Hall–Kier alpha value is -2.24. The van der Waals surface area contributed by atoms with Crippen molar-refractivity contribution in [1.82, 2.24) is 4.57 Å². The molecular formula is C23H18BrIN2O4S. The average molecular weight is 625 g/mol. The molecule has 0 bridgehead atoms. The number of rotatable bonds is 4. The first-order valence-corrected chi connectivity index (χ1v) is 12.4. The van der Waals surface area contributed by atoms with Gasteiger partial charge in [-0.15, -0.1) is 0 Å². The molecule has 0 spiro atoms. The Morgan fingerprint density at radius 2 is 2.06 bits per heavy atom. The molecule has 0 aliphatic carbocycles. The number of ether oxygens (including phenoxy) is 1. The lowest BCUT2D eigenvalue weighted by Gasteiger charge is -2.25. The Balaban J connectivity index is 2.00. The van der Waals surface area contributed by atoms with Crippen LogP contribution in [-0.4, -0.2) is 22.8 Å². The quantitative estimate of drug-likeness (QED) is 0.353. The summed E-state index contributed by atoms with van der Waals surface area (Å²) in [4.78, 5) is 31.5. The maximum absolute atomic E-state index is 13.5. The number of phenolic OH excluding ortho intramolecular Hbond substituents is 1. The lowest BCUT2D eigenvalue weighted by molar-refractivity contribution is -0.136. The number of allylic oxidation sites excluding steroid dienone is 1. The summed E-state index contributed by atoms with van der Waals surface area (Å²) < 4.78 is 8.33. The van der Waals surface area contributed by atoms with Crippen LogP contribution in [0.5, 0.6) is 5.75 Å². The van der Waals surface area contributed by atoms with Gasteiger partial charge >= 0.3 is 5.97 Å². The van der Waals surface area contributed by atoms with Gasteiger partial charge in [-0.25, -0.2) is 9.79 Å². The smallest absolute Gasteiger partial charge is 0.338 e. The molecular weight excluding hydrogens is 607 g/mol. The summed E-state index contributed by atoms with van der Waals surface area (Å²) in [6, 6.07) is 12.4. The number of nitrogens with zero attached hydrogens (tertiary/aromatic N) is 2.